The quantitative estimate of drug-likeness (QED) is 0.329. The van der Waals surface area contributed by atoms with Gasteiger partial charge in [-0.2, -0.15) is 4.99 Å². The monoisotopic (exact) mass is 456 g/mol. The zero-order chi connectivity index (χ0) is 22.9. The Labute approximate surface area is 191 Å². The van der Waals surface area contributed by atoms with E-state index < -0.39 is 11.9 Å². The van der Waals surface area contributed by atoms with Crippen molar-refractivity contribution in [2.24, 2.45) is 4.99 Å². The Balaban J connectivity index is 2.03. The van der Waals surface area contributed by atoms with Crippen LogP contribution in [0.3, 0.4) is 0 Å². The van der Waals surface area contributed by atoms with Crippen LogP contribution in [-0.2, 0) is 16.1 Å². The lowest BCUT2D eigenvalue weighted by Crippen LogP contribution is -2.23. The number of thiazole rings is 1. The van der Waals surface area contributed by atoms with Gasteiger partial charge in [0, 0.05) is 5.56 Å². The molecule has 0 N–H and O–H groups in total. The Morgan fingerprint density at radius 1 is 1.03 bits per heavy atom. The van der Waals surface area contributed by atoms with Crippen LogP contribution < -0.4 is 14.3 Å². The molecule has 0 aliphatic carbocycles. The second kappa shape index (κ2) is 11.5. The molecule has 0 spiro atoms. The standard InChI is InChI=1S/C24H28N2O5S/c1-4-7-14-31-18-11-8-10-17(15-18)23(28)25-24-26(16-21(27)30-6-3)22-19(29-5-2)12-9-13-20(22)32-24/h8-13,15H,4-7,14,16H2,1-3H3. The van der Waals surface area contributed by atoms with Gasteiger partial charge in [0.1, 0.15) is 23.6 Å². The Morgan fingerprint density at radius 3 is 2.59 bits per heavy atom. The van der Waals surface area contributed by atoms with E-state index in [1.165, 1.54) is 11.3 Å². The molecule has 0 atom stereocenters. The first-order valence-corrected chi connectivity index (χ1v) is 11.6. The number of carbonyl (C=O) groups excluding carboxylic acids is 2. The van der Waals surface area contributed by atoms with Gasteiger partial charge in [-0.1, -0.05) is 36.8 Å². The number of fused-ring (bicyclic) bond motifs is 1. The predicted molar refractivity (Wildman–Crippen MR) is 124 cm³/mol. The molecule has 3 aromatic rings. The van der Waals surface area contributed by atoms with Crippen LogP contribution in [0.5, 0.6) is 11.5 Å². The van der Waals surface area contributed by atoms with Gasteiger partial charge in [0.05, 0.1) is 24.5 Å². The van der Waals surface area contributed by atoms with Gasteiger partial charge >= 0.3 is 5.97 Å². The number of ether oxygens (including phenoxy) is 3. The van der Waals surface area contributed by atoms with Gasteiger partial charge < -0.3 is 18.8 Å². The molecule has 2 aromatic carbocycles. The van der Waals surface area contributed by atoms with Crippen molar-refractivity contribution in [1.29, 1.82) is 0 Å². The van der Waals surface area contributed by atoms with Crippen molar-refractivity contribution in [3.63, 3.8) is 0 Å². The third kappa shape index (κ3) is 5.76. The number of amides is 1. The van der Waals surface area contributed by atoms with E-state index in [1.807, 2.05) is 31.2 Å². The first-order valence-electron chi connectivity index (χ1n) is 10.8. The van der Waals surface area contributed by atoms with Crippen molar-refractivity contribution in [2.75, 3.05) is 19.8 Å². The molecule has 8 heteroatoms. The maximum absolute atomic E-state index is 13.0. The number of esters is 1. The zero-order valence-corrected chi connectivity index (χ0v) is 19.4. The van der Waals surface area contributed by atoms with Crippen LogP contribution in [-0.4, -0.2) is 36.3 Å². The van der Waals surface area contributed by atoms with Crippen molar-refractivity contribution in [2.45, 2.75) is 40.2 Å². The average molecular weight is 457 g/mol. The van der Waals surface area contributed by atoms with E-state index in [2.05, 4.69) is 11.9 Å². The molecule has 170 valence electrons. The number of rotatable bonds is 10. The van der Waals surface area contributed by atoms with E-state index in [1.54, 1.807) is 29.7 Å². The first kappa shape index (κ1) is 23.5. The van der Waals surface area contributed by atoms with E-state index in [9.17, 15) is 9.59 Å². The number of carbonyl (C=O) groups is 2. The van der Waals surface area contributed by atoms with Gasteiger partial charge in [-0.25, -0.2) is 0 Å². The number of aromatic nitrogens is 1. The molecule has 7 nitrogen and oxygen atoms in total. The van der Waals surface area contributed by atoms with Gasteiger partial charge in [-0.15, -0.1) is 0 Å². The van der Waals surface area contributed by atoms with Gasteiger partial charge in [0.2, 0.25) is 0 Å². The minimum Gasteiger partial charge on any atom is -0.494 e. The molecule has 0 saturated heterocycles. The molecule has 0 fully saturated rings. The van der Waals surface area contributed by atoms with Crippen LogP contribution >= 0.6 is 11.3 Å². The number of hydrogen-bond acceptors (Lipinski definition) is 6. The lowest BCUT2D eigenvalue weighted by atomic mass is 10.2. The van der Waals surface area contributed by atoms with Crippen LogP contribution in [0.25, 0.3) is 10.2 Å². The molecule has 1 aromatic heterocycles. The summed E-state index contributed by atoms with van der Waals surface area (Å²) < 4.78 is 19.1. The van der Waals surface area contributed by atoms with Gasteiger partial charge in [-0.05, 0) is 50.6 Å². The highest BCUT2D eigenvalue weighted by atomic mass is 32.1. The number of nitrogens with zero attached hydrogens (tertiary/aromatic N) is 2. The Morgan fingerprint density at radius 2 is 1.84 bits per heavy atom. The van der Waals surface area contributed by atoms with Crippen molar-refractivity contribution in [3.05, 3.63) is 52.8 Å². The largest absolute Gasteiger partial charge is 0.494 e. The summed E-state index contributed by atoms with van der Waals surface area (Å²) in [5.41, 5.74) is 1.14. The third-order valence-electron chi connectivity index (χ3n) is 4.60. The summed E-state index contributed by atoms with van der Waals surface area (Å²) in [6, 6.07) is 12.6. The molecule has 0 bridgehead atoms. The van der Waals surface area contributed by atoms with E-state index in [0.29, 0.717) is 35.1 Å². The van der Waals surface area contributed by atoms with Crippen LogP contribution in [0.2, 0.25) is 0 Å². The third-order valence-corrected chi connectivity index (χ3v) is 5.64. The van der Waals surface area contributed by atoms with E-state index >= 15 is 0 Å². The van der Waals surface area contributed by atoms with E-state index in [-0.39, 0.29) is 13.2 Å². The summed E-state index contributed by atoms with van der Waals surface area (Å²) in [5.74, 6) is 0.450. The fourth-order valence-corrected chi connectivity index (χ4v) is 4.19. The SMILES string of the molecule is CCCCOc1cccc(C(=O)N=c2sc3cccc(OCC)c3n2CC(=O)OCC)c1. The average Bonchev–Trinajstić information content (AvgIpc) is 3.12. The maximum atomic E-state index is 13.0. The smallest absolute Gasteiger partial charge is 0.326 e. The van der Waals surface area contributed by atoms with Gasteiger partial charge in [-0.3, -0.25) is 9.59 Å². The fourth-order valence-electron chi connectivity index (χ4n) is 3.14. The minimum atomic E-state index is -0.409. The molecule has 0 radical (unpaired) electrons. The fraction of sp³-hybridized carbons (Fsp3) is 0.375. The summed E-state index contributed by atoms with van der Waals surface area (Å²) in [6.45, 7) is 7.03. The normalized spacial score (nSPS) is 11.5. The lowest BCUT2D eigenvalue weighted by molar-refractivity contribution is -0.143. The molecular weight excluding hydrogens is 428 g/mol. The Hall–Kier alpha value is -3.13. The molecule has 1 heterocycles. The Kier molecular flexibility index (Phi) is 8.44. The van der Waals surface area contributed by atoms with Crippen LogP contribution in [0, 0.1) is 0 Å². The molecular formula is C24H28N2O5S. The lowest BCUT2D eigenvalue weighted by Gasteiger charge is -2.09. The zero-order valence-electron chi connectivity index (χ0n) is 18.6. The van der Waals surface area contributed by atoms with Crippen molar-refractivity contribution < 1.29 is 23.8 Å². The van der Waals surface area contributed by atoms with Crippen LogP contribution in [0.1, 0.15) is 44.0 Å². The molecule has 1 amide bonds. The predicted octanol–water partition coefficient (Wildman–Crippen LogP) is 4.58. The van der Waals surface area contributed by atoms with Gasteiger partial charge in [0.25, 0.3) is 5.91 Å². The summed E-state index contributed by atoms with van der Waals surface area (Å²) in [4.78, 5) is 30.0. The molecule has 0 aliphatic heterocycles. The van der Waals surface area contributed by atoms with Crippen molar-refractivity contribution >= 4 is 33.4 Å². The topological polar surface area (TPSA) is 79.1 Å². The highest BCUT2D eigenvalue weighted by molar-refractivity contribution is 7.16. The first-order chi connectivity index (χ1) is 15.6. The molecule has 0 saturated carbocycles. The summed E-state index contributed by atoms with van der Waals surface area (Å²) >= 11 is 1.32. The summed E-state index contributed by atoms with van der Waals surface area (Å²) in [5, 5.41) is 0. The highest BCUT2D eigenvalue weighted by Gasteiger charge is 2.16. The van der Waals surface area contributed by atoms with Crippen LogP contribution in [0.4, 0.5) is 0 Å². The second-order valence-electron chi connectivity index (χ2n) is 6.96. The summed E-state index contributed by atoms with van der Waals surface area (Å²) in [6.07, 6.45) is 1.98. The summed E-state index contributed by atoms with van der Waals surface area (Å²) in [7, 11) is 0. The number of benzene rings is 2. The van der Waals surface area contributed by atoms with Crippen LogP contribution in [0.15, 0.2) is 47.5 Å². The molecule has 3 rings (SSSR count). The minimum absolute atomic E-state index is 0.0653. The number of unbranched alkanes of at least 4 members (excludes halogenated alkanes) is 1. The van der Waals surface area contributed by atoms with Gasteiger partial charge in [0.15, 0.2) is 4.80 Å². The van der Waals surface area contributed by atoms with E-state index in [4.69, 9.17) is 14.2 Å². The molecule has 0 unspecified atom stereocenters. The highest BCUT2D eigenvalue weighted by Crippen LogP contribution is 2.28. The number of para-hydroxylation sites is 1. The Bertz CT molecular complexity index is 1150. The second-order valence-corrected chi connectivity index (χ2v) is 7.97. The molecule has 32 heavy (non-hydrogen) atoms. The van der Waals surface area contributed by atoms with Crippen molar-refractivity contribution in [3.8, 4) is 11.5 Å². The maximum Gasteiger partial charge on any atom is 0.326 e. The van der Waals surface area contributed by atoms with Crippen molar-refractivity contribution in [1.82, 2.24) is 4.57 Å². The number of hydrogen-bond donors (Lipinski definition) is 0. The van der Waals surface area contributed by atoms with E-state index in [0.717, 1.165) is 23.1 Å². The molecule has 0 aliphatic rings.